The van der Waals surface area contributed by atoms with Gasteiger partial charge in [-0.1, -0.05) is 18.2 Å². The molecule has 25 heavy (non-hydrogen) atoms. The quantitative estimate of drug-likeness (QED) is 0.618. The van der Waals surface area contributed by atoms with Crippen molar-refractivity contribution in [1.82, 2.24) is 4.57 Å². The van der Waals surface area contributed by atoms with Crippen LogP contribution in [-0.2, 0) is 4.74 Å². The molecule has 1 unspecified atom stereocenters. The molecule has 5 heteroatoms. The summed E-state index contributed by atoms with van der Waals surface area (Å²) in [5, 5.41) is 2.12. The van der Waals surface area contributed by atoms with Crippen LogP contribution in [0.1, 0.15) is 18.7 Å². The lowest BCUT2D eigenvalue weighted by molar-refractivity contribution is 0.160. The van der Waals surface area contributed by atoms with Gasteiger partial charge in [-0.15, -0.1) is 11.3 Å². The van der Waals surface area contributed by atoms with Crippen LogP contribution in [0.15, 0.2) is 65.0 Å². The molecule has 0 spiro atoms. The van der Waals surface area contributed by atoms with E-state index in [1.807, 2.05) is 54.6 Å². The third-order valence-electron chi connectivity index (χ3n) is 3.81. The highest BCUT2D eigenvalue weighted by molar-refractivity contribution is 7.07. The molecule has 0 aliphatic rings. The van der Waals surface area contributed by atoms with Gasteiger partial charge in [0.25, 0.3) is 0 Å². The second-order valence-corrected chi connectivity index (χ2v) is 6.69. The summed E-state index contributed by atoms with van der Waals surface area (Å²) in [5.41, 5.74) is 2.10. The Balaban J connectivity index is 1.83. The Kier molecular flexibility index (Phi) is 5.68. The SMILES string of the molecule is COCC(C)n1c(C)csc1=Nc1ccc(Oc2ccccc2)cc1. The summed E-state index contributed by atoms with van der Waals surface area (Å²) in [6.45, 7) is 4.89. The van der Waals surface area contributed by atoms with Gasteiger partial charge in [0.2, 0.25) is 0 Å². The number of hydrogen-bond acceptors (Lipinski definition) is 4. The number of rotatable bonds is 6. The van der Waals surface area contributed by atoms with Crippen LogP contribution >= 0.6 is 11.3 Å². The van der Waals surface area contributed by atoms with Gasteiger partial charge in [0.1, 0.15) is 11.5 Å². The van der Waals surface area contributed by atoms with Crippen molar-refractivity contribution in [3.63, 3.8) is 0 Å². The number of methoxy groups -OCH3 is 1. The molecule has 0 aliphatic heterocycles. The minimum atomic E-state index is 0.246. The molecule has 0 amide bonds. The lowest BCUT2D eigenvalue weighted by Crippen LogP contribution is -2.23. The van der Waals surface area contributed by atoms with E-state index in [2.05, 4.69) is 23.8 Å². The van der Waals surface area contributed by atoms with Crippen LogP contribution in [0, 0.1) is 6.92 Å². The highest BCUT2D eigenvalue weighted by atomic mass is 32.1. The monoisotopic (exact) mass is 354 g/mol. The topological polar surface area (TPSA) is 35.8 Å². The first-order valence-corrected chi connectivity index (χ1v) is 9.08. The molecule has 0 saturated carbocycles. The molecule has 4 nitrogen and oxygen atoms in total. The van der Waals surface area contributed by atoms with Crippen LogP contribution < -0.4 is 9.54 Å². The Bertz CT molecular complexity index is 867. The van der Waals surface area contributed by atoms with Crippen LogP contribution in [-0.4, -0.2) is 18.3 Å². The molecule has 0 fully saturated rings. The van der Waals surface area contributed by atoms with E-state index in [0.717, 1.165) is 22.0 Å². The van der Waals surface area contributed by atoms with Crippen molar-refractivity contribution in [2.45, 2.75) is 19.9 Å². The summed E-state index contributed by atoms with van der Waals surface area (Å²) in [7, 11) is 1.72. The number of para-hydroxylation sites is 1. The van der Waals surface area contributed by atoms with E-state index >= 15 is 0 Å². The third kappa shape index (κ3) is 4.38. The molecule has 0 radical (unpaired) electrons. The summed E-state index contributed by atoms with van der Waals surface area (Å²) >= 11 is 1.64. The molecule has 130 valence electrons. The van der Waals surface area contributed by atoms with Crippen LogP contribution in [0.5, 0.6) is 11.5 Å². The lowest BCUT2D eigenvalue weighted by atomic mass is 10.3. The van der Waals surface area contributed by atoms with E-state index < -0.39 is 0 Å². The van der Waals surface area contributed by atoms with Gasteiger partial charge in [0.05, 0.1) is 18.3 Å². The van der Waals surface area contributed by atoms with Gasteiger partial charge in [-0.05, 0) is 50.2 Å². The molecule has 1 aromatic heterocycles. The van der Waals surface area contributed by atoms with Gasteiger partial charge in [-0.2, -0.15) is 0 Å². The molecular formula is C20H22N2O2S. The number of aromatic nitrogens is 1. The van der Waals surface area contributed by atoms with Gasteiger partial charge in [-0.3, -0.25) is 0 Å². The van der Waals surface area contributed by atoms with Crippen molar-refractivity contribution < 1.29 is 9.47 Å². The Hall–Kier alpha value is -2.37. The molecule has 1 atom stereocenters. The largest absolute Gasteiger partial charge is 0.457 e. The molecule has 3 aromatic rings. The summed E-state index contributed by atoms with van der Waals surface area (Å²) < 4.78 is 13.3. The summed E-state index contributed by atoms with van der Waals surface area (Å²) in [5.74, 6) is 1.63. The Morgan fingerprint density at radius 1 is 1.04 bits per heavy atom. The Morgan fingerprint density at radius 3 is 2.40 bits per heavy atom. The molecule has 1 heterocycles. The average molecular weight is 354 g/mol. The standard InChI is InChI=1S/C20H22N2O2S/c1-15(13-23-3)22-16(2)14-25-20(22)21-17-9-11-19(12-10-17)24-18-7-5-4-6-8-18/h4-12,14-15H,13H2,1-3H3. The number of thiazole rings is 1. The summed E-state index contributed by atoms with van der Waals surface area (Å²) in [4.78, 5) is 5.75. The van der Waals surface area contributed by atoms with Crippen LogP contribution in [0.25, 0.3) is 0 Å². The molecule has 2 aromatic carbocycles. The molecule has 0 N–H and O–H groups in total. The lowest BCUT2D eigenvalue weighted by Gasteiger charge is -2.14. The van der Waals surface area contributed by atoms with Crippen molar-refractivity contribution in [2.75, 3.05) is 13.7 Å². The maximum absolute atomic E-state index is 5.82. The van der Waals surface area contributed by atoms with Gasteiger partial charge in [-0.25, -0.2) is 4.99 Å². The third-order valence-corrected chi connectivity index (χ3v) is 4.77. The van der Waals surface area contributed by atoms with Gasteiger partial charge >= 0.3 is 0 Å². The van der Waals surface area contributed by atoms with Gasteiger partial charge < -0.3 is 14.0 Å². The summed E-state index contributed by atoms with van der Waals surface area (Å²) in [6, 6.07) is 17.8. The molecule has 0 bridgehead atoms. The molecule has 3 rings (SSSR count). The van der Waals surface area contributed by atoms with E-state index in [0.29, 0.717) is 6.61 Å². The molecular weight excluding hydrogens is 332 g/mol. The zero-order valence-corrected chi connectivity index (χ0v) is 15.5. The Labute approximate surface area is 152 Å². The van der Waals surface area contributed by atoms with E-state index in [9.17, 15) is 0 Å². The highest BCUT2D eigenvalue weighted by Crippen LogP contribution is 2.23. The van der Waals surface area contributed by atoms with E-state index in [4.69, 9.17) is 14.5 Å². The van der Waals surface area contributed by atoms with Gasteiger partial charge in [0.15, 0.2) is 4.80 Å². The smallest absolute Gasteiger partial charge is 0.190 e. The maximum Gasteiger partial charge on any atom is 0.190 e. The van der Waals surface area contributed by atoms with Crippen LogP contribution in [0.2, 0.25) is 0 Å². The fourth-order valence-corrected chi connectivity index (χ4v) is 3.64. The highest BCUT2D eigenvalue weighted by Gasteiger charge is 2.09. The van der Waals surface area contributed by atoms with Crippen LogP contribution in [0.4, 0.5) is 5.69 Å². The summed E-state index contributed by atoms with van der Waals surface area (Å²) in [6.07, 6.45) is 0. The molecule has 0 aliphatic carbocycles. The number of hydrogen-bond donors (Lipinski definition) is 0. The number of nitrogens with zero attached hydrogens (tertiary/aromatic N) is 2. The van der Waals surface area contributed by atoms with Crippen molar-refractivity contribution in [1.29, 1.82) is 0 Å². The maximum atomic E-state index is 5.82. The van der Waals surface area contributed by atoms with E-state index in [1.165, 1.54) is 5.69 Å². The predicted molar refractivity (Wildman–Crippen MR) is 102 cm³/mol. The average Bonchev–Trinajstić information content (AvgIpc) is 2.98. The minimum Gasteiger partial charge on any atom is -0.457 e. The van der Waals surface area contributed by atoms with Crippen molar-refractivity contribution in [3.05, 3.63) is 70.5 Å². The second-order valence-electron chi connectivity index (χ2n) is 5.85. The van der Waals surface area contributed by atoms with Crippen molar-refractivity contribution in [2.24, 2.45) is 4.99 Å². The van der Waals surface area contributed by atoms with Gasteiger partial charge in [0, 0.05) is 18.2 Å². The number of aryl methyl sites for hydroxylation is 1. The number of benzene rings is 2. The first kappa shape index (κ1) is 17.5. The van der Waals surface area contributed by atoms with E-state index in [1.54, 1.807) is 18.4 Å². The van der Waals surface area contributed by atoms with E-state index in [-0.39, 0.29) is 6.04 Å². The van der Waals surface area contributed by atoms with Crippen molar-refractivity contribution in [3.8, 4) is 11.5 Å². The number of ether oxygens (including phenoxy) is 2. The fraction of sp³-hybridized carbons (Fsp3) is 0.250. The Morgan fingerprint density at radius 2 is 1.72 bits per heavy atom. The fourth-order valence-electron chi connectivity index (χ4n) is 2.66. The first-order valence-electron chi connectivity index (χ1n) is 8.20. The predicted octanol–water partition coefficient (Wildman–Crippen LogP) is 5.09. The molecule has 0 saturated heterocycles. The normalized spacial score (nSPS) is 13.0. The minimum absolute atomic E-state index is 0.246. The zero-order valence-electron chi connectivity index (χ0n) is 14.7. The second kappa shape index (κ2) is 8.14. The van der Waals surface area contributed by atoms with Crippen molar-refractivity contribution >= 4 is 17.0 Å². The zero-order chi connectivity index (χ0) is 17.6. The van der Waals surface area contributed by atoms with Crippen LogP contribution in [0.3, 0.4) is 0 Å². The first-order chi connectivity index (χ1) is 12.2.